The summed E-state index contributed by atoms with van der Waals surface area (Å²) in [5.41, 5.74) is 2.67. The van der Waals surface area contributed by atoms with Crippen LogP contribution in [-0.2, 0) is 16.1 Å². The molecule has 3 heterocycles. The summed E-state index contributed by atoms with van der Waals surface area (Å²) in [5.74, 6) is 0.917. The van der Waals surface area contributed by atoms with Crippen molar-refractivity contribution in [1.29, 1.82) is 0 Å². The average Bonchev–Trinajstić information content (AvgIpc) is 3.78. The number of carbonyl (C=O) groups excluding carboxylic acids is 1. The van der Waals surface area contributed by atoms with E-state index in [-0.39, 0.29) is 17.0 Å². The zero-order valence-corrected chi connectivity index (χ0v) is 24.8. The minimum absolute atomic E-state index is 0.0978. The number of hydrogen-bond acceptors (Lipinski definition) is 9. The van der Waals surface area contributed by atoms with Gasteiger partial charge in [-0.25, -0.2) is 19.4 Å². The lowest BCUT2D eigenvalue weighted by Gasteiger charge is -2.37. The molecule has 43 heavy (non-hydrogen) atoms. The number of aromatic nitrogens is 2. The molecule has 12 heteroatoms. The molecule has 1 amide bonds. The SMILES string of the molecule is C=CC(=O)Nc1cc(Nc2cc(N3OCC[C@@H]3Cc3cccc(Cl)c3F)ncn2)c(OC)cc1N1CCN(C2CC2)CC1. The van der Waals surface area contributed by atoms with E-state index in [1.54, 1.807) is 30.4 Å². The molecule has 0 radical (unpaired) electrons. The van der Waals surface area contributed by atoms with Crippen LogP contribution in [0.2, 0.25) is 5.02 Å². The first-order chi connectivity index (χ1) is 20.9. The van der Waals surface area contributed by atoms with Crippen LogP contribution >= 0.6 is 11.6 Å². The van der Waals surface area contributed by atoms with Gasteiger partial charge >= 0.3 is 0 Å². The zero-order chi connectivity index (χ0) is 29.9. The van der Waals surface area contributed by atoms with Crippen molar-refractivity contribution in [3.63, 3.8) is 0 Å². The lowest BCUT2D eigenvalue weighted by Crippen LogP contribution is -2.47. The Morgan fingerprint density at radius 2 is 1.98 bits per heavy atom. The number of nitrogens with zero attached hydrogens (tertiary/aromatic N) is 5. The molecule has 226 valence electrons. The van der Waals surface area contributed by atoms with Gasteiger partial charge in [0.2, 0.25) is 5.91 Å². The fourth-order valence-electron chi connectivity index (χ4n) is 5.73. The number of halogens is 2. The van der Waals surface area contributed by atoms with Gasteiger partial charge < -0.3 is 20.3 Å². The average molecular weight is 608 g/mol. The topological polar surface area (TPSA) is 95.1 Å². The van der Waals surface area contributed by atoms with Gasteiger partial charge in [-0.2, -0.15) is 0 Å². The summed E-state index contributed by atoms with van der Waals surface area (Å²) >= 11 is 6.00. The molecule has 1 saturated carbocycles. The van der Waals surface area contributed by atoms with E-state index in [1.165, 1.54) is 31.3 Å². The van der Waals surface area contributed by atoms with E-state index in [2.05, 4.69) is 37.0 Å². The Kier molecular flexibility index (Phi) is 8.64. The maximum atomic E-state index is 14.6. The van der Waals surface area contributed by atoms with Gasteiger partial charge in [0.1, 0.15) is 23.7 Å². The number of ether oxygens (including phenoxy) is 1. The minimum atomic E-state index is -0.416. The number of anilines is 5. The Morgan fingerprint density at radius 1 is 1.16 bits per heavy atom. The van der Waals surface area contributed by atoms with Gasteiger partial charge in [-0.3, -0.25) is 14.5 Å². The first-order valence-corrected chi connectivity index (χ1v) is 14.9. The lowest BCUT2D eigenvalue weighted by atomic mass is 10.0. The molecule has 2 N–H and O–H groups in total. The van der Waals surface area contributed by atoms with E-state index in [9.17, 15) is 9.18 Å². The summed E-state index contributed by atoms with van der Waals surface area (Å²) in [6.45, 7) is 7.77. The molecule has 0 unspecified atom stereocenters. The van der Waals surface area contributed by atoms with Crippen LogP contribution in [0.1, 0.15) is 24.8 Å². The number of carbonyl (C=O) groups is 1. The molecule has 2 saturated heterocycles. The lowest BCUT2D eigenvalue weighted by molar-refractivity contribution is -0.111. The number of piperazine rings is 1. The van der Waals surface area contributed by atoms with E-state index in [0.717, 1.165) is 37.9 Å². The number of methoxy groups -OCH3 is 1. The van der Waals surface area contributed by atoms with Crippen LogP contribution in [0.25, 0.3) is 0 Å². The molecular weight excluding hydrogens is 573 g/mol. The van der Waals surface area contributed by atoms with Crippen molar-refractivity contribution in [1.82, 2.24) is 14.9 Å². The van der Waals surface area contributed by atoms with Gasteiger partial charge in [0.05, 0.1) is 41.8 Å². The van der Waals surface area contributed by atoms with Gasteiger partial charge in [-0.15, -0.1) is 0 Å². The quantitative estimate of drug-likeness (QED) is 0.302. The van der Waals surface area contributed by atoms with Gasteiger partial charge in [0.15, 0.2) is 5.82 Å². The monoisotopic (exact) mass is 607 g/mol. The van der Waals surface area contributed by atoms with Crippen LogP contribution < -0.4 is 25.3 Å². The zero-order valence-electron chi connectivity index (χ0n) is 24.1. The van der Waals surface area contributed by atoms with Crippen LogP contribution in [0.4, 0.5) is 33.1 Å². The summed E-state index contributed by atoms with van der Waals surface area (Å²) in [7, 11) is 1.61. The standard InChI is InChI=1S/C31H35ClFN7O3/c1-3-30(41)37-24-16-25(27(42-2)17-26(24)39-12-10-38(11-13-39)21-7-8-21)36-28-18-29(35-19-34-28)40-22(9-14-43-40)15-20-5-4-6-23(32)31(20)33/h3-6,16-19,21-22H,1,7-15H2,2H3,(H,37,41)(H,34,35,36)/t22-/m1/s1. The predicted molar refractivity (Wildman–Crippen MR) is 166 cm³/mol. The van der Waals surface area contributed by atoms with Gasteiger partial charge in [0, 0.05) is 44.4 Å². The molecule has 3 fully saturated rings. The van der Waals surface area contributed by atoms with Crippen LogP contribution in [0.15, 0.2) is 55.4 Å². The van der Waals surface area contributed by atoms with E-state index in [4.69, 9.17) is 21.2 Å². The highest BCUT2D eigenvalue weighted by Crippen LogP contribution is 2.40. The van der Waals surface area contributed by atoms with Gasteiger partial charge in [-0.05, 0) is 49.5 Å². The first kappa shape index (κ1) is 29.2. The highest BCUT2D eigenvalue weighted by Gasteiger charge is 2.32. The van der Waals surface area contributed by atoms with Crippen molar-refractivity contribution in [2.24, 2.45) is 0 Å². The van der Waals surface area contributed by atoms with Crippen LogP contribution in [0.3, 0.4) is 0 Å². The van der Waals surface area contributed by atoms with Crippen LogP contribution in [-0.4, -0.2) is 72.8 Å². The fourth-order valence-corrected chi connectivity index (χ4v) is 5.92. The number of hydrogen-bond donors (Lipinski definition) is 2. The summed E-state index contributed by atoms with van der Waals surface area (Å²) in [6, 6.07) is 11.2. The summed E-state index contributed by atoms with van der Waals surface area (Å²) in [5, 5.41) is 8.08. The second-order valence-corrected chi connectivity index (χ2v) is 11.3. The molecule has 1 aromatic heterocycles. The minimum Gasteiger partial charge on any atom is -0.494 e. The predicted octanol–water partition coefficient (Wildman–Crippen LogP) is 5.18. The first-order valence-electron chi connectivity index (χ1n) is 14.5. The third kappa shape index (κ3) is 6.53. The molecule has 1 aliphatic carbocycles. The Morgan fingerprint density at radius 3 is 2.72 bits per heavy atom. The van der Waals surface area contributed by atoms with E-state index >= 15 is 0 Å². The second-order valence-electron chi connectivity index (χ2n) is 10.9. The summed E-state index contributed by atoms with van der Waals surface area (Å²) in [6.07, 6.45) is 6.38. The molecule has 3 aromatic rings. The molecular formula is C31H35ClFN7O3. The molecule has 3 aliphatic rings. The Balaban J connectivity index is 1.24. The molecule has 0 spiro atoms. The Hall–Kier alpha value is -3.93. The highest BCUT2D eigenvalue weighted by molar-refractivity contribution is 6.30. The normalized spacial score (nSPS) is 18.9. The molecule has 2 aromatic carbocycles. The fraction of sp³-hybridized carbons (Fsp3) is 0.387. The van der Waals surface area contributed by atoms with Crippen LogP contribution in [0, 0.1) is 5.82 Å². The van der Waals surface area contributed by atoms with Crippen LogP contribution in [0.5, 0.6) is 5.75 Å². The third-order valence-corrected chi connectivity index (χ3v) is 8.41. The maximum absolute atomic E-state index is 14.6. The Bertz CT molecular complexity index is 1500. The summed E-state index contributed by atoms with van der Waals surface area (Å²) < 4.78 is 20.4. The van der Waals surface area contributed by atoms with E-state index < -0.39 is 5.82 Å². The largest absolute Gasteiger partial charge is 0.494 e. The molecule has 1 atom stereocenters. The van der Waals surface area contributed by atoms with E-state index in [0.29, 0.717) is 53.8 Å². The maximum Gasteiger partial charge on any atom is 0.247 e. The van der Waals surface area contributed by atoms with Crippen molar-refractivity contribution >= 4 is 46.2 Å². The molecule has 10 nitrogen and oxygen atoms in total. The van der Waals surface area contributed by atoms with E-state index in [1.807, 2.05) is 12.1 Å². The van der Waals surface area contributed by atoms with Gasteiger partial charge in [-0.1, -0.05) is 30.3 Å². The second kappa shape index (κ2) is 12.7. The van der Waals surface area contributed by atoms with Crippen molar-refractivity contribution < 1.29 is 18.8 Å². The number of rotatable bonds is 10. The molecule has 6 rings (SSSR count). The highest BCUT2D eigenvalue weighted by atomic mass is 35.5. The molecule has 2 aliphatic heterocycles. The Labute approximate surface area is 255 Å². The molecule has 0 bridgehead atoms. The third-order valence-electron chi connectivity index (χ3n) is 8.12. The van der Waals surface area contributed by atoms with Gasteiger partial charge in [0.25, 0.3) is 0 Å². The van der Waals surface area contributed by atoms with Crippen molar-refractivity contribution in [2.45, 2.75) is 37.8 Å². The summed E-state index contributed by atoms with van der Waals surface area (Å²) in [4.78, 5) is 32.0. The number of amides is 1. The van der Waals surface area contributed by atoms with Crippen molar-refractivity contribution in [3.05, 3.63) is 71.8 Å². The van der Waals surface area contributed by atoms with Crippen molar-refractivity contribution in [3.8, 4) is 5.75 Å². The number of hydroxylamine groups is 1. The number of benzene rings is 2. The smallest absolute Gasteiger partial charge is 0.247 e. The number of nitrogens with one attached hydrogen (secondary N) is 2. The van der Waals surface area contributed by atoms with Crippen molar-refractivity contribution in [2.75, 3.05) is 60.5 Å².